The van der Waals surface area contributed by atoms with Gasteiger partial charge in [-0.25, -0.2) is 4.39 Å². The molecule has 5 nitrogen and oxygen atoms in total. The molecule has 0 fully saturated rings. The summed E-state index contributed by atoms with van der Waals surface area (Å²) >= 11 is 1.33. The SMILES string of the molecule is Cc1cc(C=C2C(=N)N3C(c4ccccc4)=CSC3=NC2=O)c(C)n1-c1ccccc1F. The van der Waals surface area contributed by atoms with E-state index in [0.29, 0.717) is 10.9 Å². The summed E-state index contributed by atoms with van der Waals surface area (Å²) in [7, 11) is 0. The quantitative estimate of drug-likeness (QED) is 0.542. The van der Waals surface area contributed by atoms with Crippen molar-refractivity contribution in [2.45, 2.75) is 13.8 Å². The highest BCUT2D eigenvalue weighted by Crippen LogP contribution is 2.37. The van der Waals surface area contributed by atoms with Crippen molar-refractivity contribution in [1.29, 1.82) is 5.41 Å². The number of benzene rings is 2. The number of hydrogen-bond acceptors (Lipinski definition) is 3. The number of halogens is 1. The van der Waals surface area contributed by atoms with Crippen LogP contribution in [0.2, 0.25) is 0 Å². The number of aliphatic imine (C=N–C) groups is 1. The van der Waals surface area contributed by atoms with E-state index in [4.69, 9.17) is 5.41 Å². The van der Waals surface area contributed by atoms with E-state index in [1.165, 1.54) is 17.8 Å². The number of para-hydroxylation sites is 1. The van der Waals surface area contributed by atoms with Crippen LogP contribution in [-0.2, 0) is 4.79 Å². The molecule has 0 radical (unpaired) electrons. The van der Waals surface area contributed by atoms with E-state index in [0.717, 1.165) is 28.2 Å². The molecule has 2 aromatic carbocycles. The molecular formula is C25H19FN4OS. The number of rotatable bonds is 3. The van der Waals surface area contributed by atoms with Crippen molar-refractivity contribution in [2.24, 2.45) is 4.99 Å². The van der Waals surface area contributed by atoms with Crippen LogP contribution < -0.4 is 0 Å². The van der Waals surface area contributed by atoms with Crippen LogP contribution in [0.15, 0.2) is 76.6 Å². The number of nitrogens with zero attached hydrogens (tertiary/aromatic N) is 3. The number of nitrogens with one attached hydrogen (secondary N) is 1. The van der Waals surface area contributed by atoms with E-state index >= 15 is 0 Å². The van der Waals surface area contributed by atoms with Crippen molar-refractivity contribution in [3.63, 3.8) is 0 Å². The zero-order chi connectivity index (χ0) is 22.4. The summed E-state index contributed by atoms with van der Waals surface area (Å²) in [6, 6.07) is 18.2. The van der Waals surface area contributed by atoms with Crippen LogP contribution in [-0.4, -0.2) is 26.4 Å². The maximum absolute atomic E-state index is 14.4. The van der Waals surface area contributed by atoms with Gasteiger partial charge in [0.25, 0.3) is 5.91 Å². The van der Waals surface area contributed by atoms with E-state index in [1.54, 1.807) is 29.2 Å². The molecule has 0 saturated heterocycles. The summed E-state index contributed by atoms with van der Waals surface area (Å²) in [5.74, 6) is -0.695. The van der Waals surface area contributed by atoms with Crippen LogP contribution >= 0.6 is 11.8 Å². The van der Waals surface area contributed by atoms with Crippen LogP contribution in [0.5, 0.6) is 0 Å². The lowest BCUT2D eigenvalue weighted by atomic mass is 10.1. The van der Waals surface area contributed by atoms with Crippen molar-refractivity contribution < 1.29 is 9.18 Å². The highest BCUT2D eigenvalue weighted by atomic mass is 32.2. The van der Waals surface area contributed by atoms with Crippen molar-refractivity contribution in [1.82, 2.24) is 9.47 Å². The molecule has 0 spiro atoms. The summed E-state index contributed by atoms with van der Waals surface area (Å²) in [5, 5.41) is 11.2. The number of aryl methyl sites for hydroxylation is 1. The Balaban J connectivity index is 1.57. The number of amidine groups is 2. The molecule has 5 rings (SSSR count). The Kier molecular flexibility index (Phi) is 4.90. The van der Waals surface area contributed by atoms with Gasteiger partial charge in [-0.05, 0) is 49.2 Å². The molecule has 0 saturated carbocycles. The van der Waals surface area contributed by atoms with Crippen LogP contribution in [0.1, 0.15) is 22.5 Å². The minimum Gasteiger partial charge on any atom is -0.315 e. The van der Waals surface area contributed by atoms with Gasteiger partial charge in [-0.1, -0.05) is 54.2 Å². The Morgan fingerprint density at radius 3 is 2.53 bits per heavy atom. The number of carbonyl (C=O) groups excluding carboxylic acids is 1. The molecule has 7 heteroatoms. The molecule has 1 aromatic heterocycles. The fourth-order valence-corrected chi connectivity index (χ4v) is 4.90. The average Bonchev–Trinajstić information content (AvgIpc) is 3.33. The number of aromatic nitrogens is 1. The third-order valence-electron chi connectivity index (χ3n) is 5.55. The highest BCUT2D eigenvalue weighted by Gasteiger charge is 2.36. The molecule has 1 amide bonds. The average molecular weight is 443 g/mol. The summed E-state index contributed by atoms with van der Waals surface area (Å²) in [5.41, 5.74) is 4.77. The van der Waals surface area contributed by atoms with Gasteiger partial charge in [-0.3, -0.25) is 15.1 Å². The Bertz CT molecular complexity index is 1370. The third-order valence-corrected chi connectivity index (χ3v) is 6.37. The van der Waals surface area contributed by atoms with Gasteiger partial charge >= 0.3 is 0 Å². The standard InChI is InChI=1S/C25H19FN4OS/c1-15-12-18(16(2)29(15)21-11-7-6-10-20(21)26)13-19-23(27)30-22(17-8-4-3-5-9-17)14-32-25(30)28-24(19)31/h3-14,27H,1-2H3. The van der Waals surface area contributed by atoms with Gasteiger partial charge in [0.05, 0.1) is 17.0 Å². The second-order valence-corrected chi connectivity index (χ2v) is 8.38. The third kappa shape index (κ3) is 3.22. The maximum Gasteiger partial charge on any atom is 0.283 e. The summed E-state index contributed by atoms with van der Waals surface area (Å²) in [6.45, 7) is 3.76. The Labute approximate surface area is 189 Å². The Morgan fingerprint density at radius 1 is 1.06 bits per heavy atom. The highest BCUT2D eigenvalue weighted by molar-refractivity contribution is 8.17. The van der Waals surface area contributed by atoms with Gasteiger partial charge < -0.3 is 4.57 Å². The monoisotopic (exact) mass is 442 g/mol. The molecule has 0 unspecified atom stereocenters. The zero-order valence-corrected chi connectivity index (χ0v) is 18.3. The fourth-order valence-electron chi connectivity index (χ4n) is 4.01. The first-order valence-corrected chi connectivity index (χ1v) is 10.9. The van der Waals surface area contributed by atoms with Crippen molar-refractivity contribution >= 4 is 40.4 Å². The van der Waals surface area contributed by atoms with Crippen molar-refractivity contribution in [3.05, 3.63) is 100.0 Å². The van der Waals surface area contributed by atoms with Gasteiger partial charge in [0.1, 0.15) is 11.7 Å². The van der Waals surface area contributed by atoms with Crippen LogP contribution in [0, 0.1) is 25.1 Å². The van der Waals surface area contributed by atoms with E-state index in [1.807, 2.05) is 60.2 Å². The van der Waals surface area contributed by atoms with Gasteiger partial charge in [0.15, 0.2) is 5.17 Å². The topological polar surface area (TPSA) is 61.5 Å². The lowest BCUT2D eigenvalue weighted by Gasteiger charge is -2.26. The number of fused-ring (bicyclic) bond motifs is 1. The Morgan fingerprint density at radius 2 is 1.78 bits per heavy atom. The summed E-state index contributed by atoms with van der Waals surface area (Å²) in [6.07, 6.45) is 1.68. The van der Waals surface area contributed by atoms with Gasteiger partial charge in [0.2, 0.25) is 0 Å². The first-order chi connectivity index (χ1) is 15.5. The minimum absolute atomic E-state index is 0.0794. The summed E-state index contributed by atoms with van der Waals surface area (Å²) in [4.78, 5) is 18.7. The van der Waals surface area contributed by atoms with Crippen LogP contribution in [0.25, 0.3) is 17.5 Å². The second-order valence-electron chi connectivity index (χ2n) is 7.54. The molecule has 3 aromatic rings. The lowest BCUT2D eigenvalue weighted by molar-refractivity contribution is -0.114. The van der Waals surface area contributed by atoms with Crippen molar-refractivity contribution in [3.8, 4) is 5.69 Å². The first-order valence-electron chi connectivity index (χ1n) is 10.1. The van der Waals surface area contributed by atoms with Gasteiger partial charge in [0, 0.05) is 16.8 Å². The molecule has 0 aliphatic carbocycles. The van der Waals surface area contributed by atoms with E-state index < -0.39 is 5.91 Å². The van der Waals surface area contributed by atoms with Crippen LogP contribution in [0.4, 0.5) is 4.39 Å². The molecule has 0 bridgehead atoms. The predicted octanol–water partition coefficient (Wildman–Crippen LogP) is 5.54. The molecule has 3 heterocycles. The van der Waals surface area contributed by atoms with E-state index in [-0.39, 0.29) is 17.2 Å². The minimum atomic E-state index is -0.452. The number of thioether (sulfide) groups is 1. The molecule has 0 atom stereocenters. The first kappa shape index (κ1) is 20.2. The fraction of sp³-hybridized carbons (Fsp3) is 0.0800. The second kappa shape index (κ2) is 7.76. The molecule has 1 N–H and O–H groups in total. The van der Waals surface area contributed by atoms with E-state index in [9.17, 15) is 9.18 Å². The molecule has 32 heavy (non-hydrogen) atoms. The van der Waals surface area contributed by atoms with Crippen molar-refractivity contribution in [2.75, 3.05) is 0 Å². The van der Waals surface area contributed by atoms with Crippen LogP contribution in [0.3, 0.4) is 0 Å². The van der Waals surface area contributed by atoms with E-state index in [2.05, 4.69) is 4.99 Å². The lowest BCUT2D eigenvalue weighted by Crippen LogP contribution is -2.38. The largest absolute Gasteiger partial charge is 0.315 e. The zero-order valence-electron chi connectivity index (χ0n) is 17.5. The van der Waals surface area contributed by atoms with Gasteiger partial charge in [-0.2, -0.15) is 4.99 Å². The molecule has 2 aliphatic heterocycles. The predicted molar refractivity (Wildman–Crippen MR) is 127 cm³/mol. The molecular weight excluding hydrogens is 423 g/mol. The smallest absolute Gasteiger partial charge is 0.283 e. The number of amides is 1. The molecule has 158 valence electrons. The molecule has 2 aliphatic rings. The van der Waals surface area contributed by atoms with Gasteiger partial charge in [-0.15, -0.1) is 0 Å². The number of carbonyl (C=O) groups is 1. The number of hydrogen-bond donors (Lipinski definition) is 1. The maximum atomic E-state index is 14.4. The summed E-state index contributed by atoms with van der Waals surface area (Å²) < 4.78 is 16.2. The Hall–Kier alpha value is -3.71. The normalized spacial score (nSPS) is 17.0.